The van der Waals surface area contributed by atoms with Gasteiger partial charge in [-0.1, -0.05) is 17.7 Å². The van der Waals surface area contributed by atoms with Gasteiger partial charge in [0.2, 0.25) is 0 Å². The molecule has 190 valence electrons. The number of fused-ring (bicyclic) bond motifs is 1. The molecule has 0 radical (unpaired) electrons. The fraction of sp³-hybridized carbons (Fsp3) is 0.217. The third kappa shape index (κ3) is 6.11. The molecule has 1 saturated heterocycles. The number of piperazine rings is 1. The molecule has 1 amide bonds. The fourth-order valence-corrected chi connectivity index (χ4v) is 7.55. The number of aromatic nitrogens is 1. The second kappa shape index (κ2) is 11.3. The average molecular weight is 578 g/mol. The van der Waals surface area contributed by atoms with E-state index in [9.17, 15) is 22.0 Å². The van der Waals surface area contributed by atoms with Crippen LogP contribution in [0, 0.1) is 11.6 Å². The Morgan fingerprint density at radius 1 is 1.08 bits per heavy atom. The summed E-state index contributed by atoms with van der Waals surface area (Å²) in [5.41, 5.74) is 0.164. The summed E-state index contributed by atoms with van der Waals surface area (Å²) < 4.78 is 59.0. The van der Waals surface area contributed by atoms with E-state index in [0.29, 0.717) is 47.5 Å². The normalized spacial score (nSPS) is 14.0. The molecule has 0 N–H and O–H groups in total. The van der Waals surface area contributed by atoms with Crippen LogP contribution in [0.4, 0.5) is 19.4 Å². The topological polar surface area (TPSA) is 79.8 Å². The first kappa shape index (κ1) is 27.8. The Bertz CT molecular complexity index is 1560. The first-order valence-electron chi connectivity index (χ1n) is 10.7. The van der Waals surface area contributed by atoms with Crippen LogP contribution in [0.25, 0.3) is 10.1 Å². The molecular weight excluding hydrogens is 559 g/mol. The first-order valence-corrected chi connectivity index (χ1v) is 14.4. The van der Waals surface area contributed by atoms with Gasteiger partial charge < -0.3 is 14.5 Å². The van der Waals surface area contributed by atoms with Crippen LogP contribution in [-0.2, 0) is 15.6 Å². The molecule has 7 nitrogen and oxygen atoms in total. The second-order valence-corrected chi connectivity index (χ2v) is 12.7. The Hall–Kier alpha value is -2.20. The predicted molar refractivity (Wildman–Crippen MR) is 143 cm³/mol. The summed E-state index contributed by atoms with van der Waals surface area (Å²) in [6.45, 7) is 1.78. The number of anilines is 1. The average Bonchev–Trinajstić information content (AvgIpc) is 3.48. The Morgan fingerprint density at radius 2 is 1.84 bits per heavy atom. The Morgan fingerprint density at radius 3 is 2.51 bits per heavy atom. The van der Waals surface area contributed by atoms with Crippen molar-refractivity contribution in [3.05, 3.63) is 70.2 Å². The van der Waals surface area contributed by atoms with Crippen LogP contribution >= 0.6 is 34.3 Å². The standard InChI is InChI=1S/C23H18ClF2N3O4S3.Li.H/c24-15-10-20(34-12-15)33-23(30)29-7-5-28(6-8-29)22-16-11-21(35-19(16)3-4-27-22)36(31,32)13-14-1-2-17(25)18(26)9-14;;/h1-4,9-12H,5-8,13H2;;. The third-order valence-corrected chi connectivity index (χ3v) is 10.1. The summed E-state index contributed by atoms with van der Waals surface area (Å²) in [5, 5.41) is 3.29. The van der Waals surface area contributed by atoms with E-state index in [2.05, 4.69) is 4.98 Å². The van der Waals surface area contributed by atoms with Crippen LogP contribution < -0.4 is 9.64 Å². The second-order valence-electron chi connectivity index (χ2n) is 8.05. The molecule has 4 heterocycles. The molecule has 3 aromatic heterocycles. The monoisotopic (exact) mass is 577 g/mol. The van der Waals surface area contributed by atoms with Gasteiger partial charge in [0.15, 0.2) is 26.5 Å². The van der Waals surface area contributed by atoms with Crippen LogP contribution in [0.2, 0.25) is 5.02 Å². The van der Waals surface area contributed by atoms with Crippen molar-refractivity contribution in [2.75, 3.05) is 31.1 Å². The van der Waals surface area contributed by atoms with Gasteiger partial charge in [0.05, 0.1) is 10.8 Å². The number of sulfone groups is 1. The van der Waals surface area contributed by atoms with Crippen LogP contribution in [-0.4, -0.2) is 69.4 Å². The number of nitrogens with zero attached hydrogens (tertiary/aromatic N) is 3. The molecule has 0 atom stereocenters. The number of benzene rings is 1. The van der Waals surface area contributed by atoms with E-state index < -0.39 is 33.3 Å². The number of carbonyl (C=O) groups excluding carboxylic acids is 1. The zero-order chi connectivity index (χ0) is 25.4. The number of pyridine rings is 1. The fourth-order valence-electron chi connectivity index (χ4n) is 3.85. The van der Waals surface area contributed by atoms with Gasteiger partial charge in [0.25, 0.3) is 0 Å². The van der Waals surface area contributed by atoms with Gasteiger partial charge in [0.1, 0.15) is 10.0 Å². The molecule has 1 aliphatic rings. The number of carbonyl (C=O) groups is 1. The Balaban J connectivity index is 0.00000320. The number of amides is 1. The molecule has 1 fully saturated rings. The van der Waals surface area contributed by atoms with Crippen LogP contribution in [0.1, 0.15) is 5.56 Å². The zero-order valence-corrected chi connectivity index (χ0v) is 21.7. The molecule has 37 heavy (non-hydrogen) atoms. The number of halogens is 3. The van der Waals surface area contributed by atoms with Gasteiger partial charge in [-0.15, -0.1) is 22.7 Å². The summed E-state index contributed by atoms with van der Waals surface area (Å²) in [6, 6.07) is 7.95. The minimum absolute atomic E-state index is 0. The van der Waals surface area contributed by atoms with Crippen molar-refractivity contribution >= 4 is 85.0 Å². The number of rotatable bonds is 5. The van der Waals surface area contributed by atoms with Crippen molar-refractivity contribution in [2.45, 2.75) is 9.96 Å². The molecule has 0 unspecified atom stereocenters. The van der Waals surface area contributed by atoms with Crippen molar-refractivity contribution < 1.29 is 26.7 Å². The maximum atomic E-state index is 13.6. The van der Waals surface area contributed by atoms with Gasteiger partial charge in [-0.3, -0.25) is 0 Å². The van der Waals surface area contributed by atoms with Crippen molar-refractivity contribution in [1.29, 1.82) is 0 Å². The van der Waals surface area contributed by atoms with E-state index in [0.717, 1.165) is 28.2 Å². The van der Waals surface area contributed by atoms with E-state index in [4.69, 9.17) is 16.3 Å². The predicted octanol–water partition coefficient (Wildman–Crippen LogP) is 4.94. The first-order chi connectivity index (χ1) is 17.2. The molecule has 0 aliphatic carbocycles. The van der Waals surface area contributed by atoms with E-state index in [1.54, 1.807) is 34.7 Å². The number of ether oxygens (including phenoxy) is 1. The maximum absolute atomic E-state index is 13.6. The van der Waals surface area contributed by atoms with E-state index in [1.165, 1.54) is 17.4 Å². The molecule has 0 spiro atoms. The molecule has 0 bridgehead atoms. The molecule has 1 aromatic carbocycles. The van der Waals surface area contributed by atoms with Crippen molar-refractivity contribution in [2.24, 2.45) is 0 Å². The van der Waals surface area contributed by atoms with Crippen molar-refractivity contribution in [3.8, 4) is 5.06 Å². The summed E-state index contributed by atoms with van der Waals surface area (Å²) in [7, 11) is -3.80. The van der Waals surface area contributed by atoms with Gasteiger partial charge in [-0.05, 0) is 29.8 Å². The number of thiophene rings is 2. The zero-order valence-electron chi connectivity index (χ0n) is 18.5. The molecular formula is C23H19ClF2LiN3O4S3. The number of hydrogen-bond acceptors (Lipinski definition) is 8. The van der Waals surface area contributed by atoms with Gasteiger partial charge in [-0.2, -0.15) is 0 Å². The van der Waals surface area contributed by atoms with Gasteiger partial charge in [-0.25, -0.2) is 27.0 Å². The SMILES string of the molecule is O=C(Oc1cc(Cl)cs1)N1CCN(c2nccc3sc(S(=O)(=O)Cc4ccc(F)c(F)c4)cc23)CC1.[LiH]. The van der Waals surface area contributed by atoms with Crippen molar-refractivity contribution in [3.63, 3.8) is 0 Å². The Labute approximate surface area is 236 Å². The van der Waals surface area contributed by atoms with E-state index in [1.807, 2.05) is 4.90 Å². The molecule has 1 aliphatic heterocycles. The van der Waals surface area contributed by atoms with E-state index in [-0.39, 0.29) is 28.6 Å². The molecule has 4 aromatic rings. The molecule has 14 heteroatoms. The summed E-state index contributed by atoms with van der Waals surface area (Å²) >= 11 is 8.22. The molecule has 0 saturated carbocycles. The quantitative estimate of drug-likeness (QED) is 0.313. The third-order valence-electron chi connectivity index (χ3n) is 5.62. The Kier molecular flexibility index (Phi) is 8.47. The minimum atomic E-state index is -3.80. The summed E-state index contributed by atoms with van der Waals surface area (Å²) in [6.07, 6.45) is 1.15. The summed E-state index contributed by atoms with van der Waals surface area (Å²) in [4.78, 5) is 20.5. The van der Waals surface area contributed by atoms with E-state index >= 15 is 0 Å². The summed E-state index contributed by atoms with van der Waals surface area (Å²) in [5.74, 6) is -1.95. The van der Waals surface area contributed by atoms with Crippen LogP contribution in [0.5, 0.6) is 5.06 Å². The van der Waals surface area contributed by atoms with Gasteiger partial charge in [0, 0.05) is 53.9 Å². The van der Waals surface area contributed by atoms with Crippen LogP contribution in [0.15, 0.2) is 52.2 Å². The number of hydrogen-bond donors (Lipinski definition) is 0. The molecule has 5 rings (SSSR count). The van der Waals surface area contributed by atoms with Crippen LogP contribution in [0.3, 0.4) is 0 Å². The van der Waals surface area contributed by atoms with Gasteiger partial charge >= 0.3 is 25.0 Å². The van der Waals surface area contributed by atoms with Crippen molar-refractivity contribution in [1.82, 2.24) is 9.88 Å².